The molecule has 1 aliphatic rings. The lowest BCUT2D eigenvalue weighted by Gasteiger charge is -2.04. The normalized spacial score (nSPS) is 18.9. The number of hydrogen-bond acceptors (Lipinski definition) is 1. The second kappa shape index (κ2) is 3.07. The highest BCUT2D eigenvalue weighted by atomic mass is 19.1. The van der Waals surface area contributed by atoms with E-state index in [4.69, 9.17) is 5.11 Å². The third kappa shape index (κ3) is 1.10. The topological polar surface area (TPSA) is 53.1 Å². The second-order valence-corrected chi connectivity index (χ2v) is 4.11. The number of H-pyrrole nitrogens is 1. The van der Waals surface area contributed by atoms with Gasteiger partial charge >= 0.3 is 5.97 Å². The minimum Gasteiger partial charge on any atom is -0.481 e. The van der Waals surface area contributed by atoms with Crippen LogP contribution in [0.3, 0.4) is 0 Å². The van der Waals surface area contributed by atoms with E-state index in [9.17, 15) is 9.18 Å². The molecule has 0 spiro atoms. The molecule has 0 fully saturated rings. The first-order valence-electron chi connectivity index (χ1n) is 5.20. The number of nitrogens with one attached hydrogen (secondary N) is 1. The number of carboxylic acids is 1. The number of hydrogen-bond donors (Lipinski definition) is 2. The average molecular weight is 219 g/mol. The number of fused-ring (bicyclic) bond motifs is 3. The van der Waals surface area contributed by atoms with Crippen molar-refractivity contribution in [3.8, 4) is 0 Å². The first-order chi connectivity index (χ1) is 7.68. The minimum absolute atomic E-state index is 0.323. The van der Waals surface area contributed by atoms with Gasteiger partial charge in [-0.15, -0.1) is 0 Å². The van der Waals surface area contributed by atoms with Gasteiger partial charge in [-0.05, 0) is 24.5 Å². The summed E-state index contributed by atoms with van der Waals surface area (Å²) in [6.45, 7) is 0. The smallest absolute Gasteiger partial charge is 0.311 e. The van der Waals surface area contributed by atoms with Gasteiger partial charge in [-0.25, -0.2) is 4.39 Å². The Morgan fingerprint density at radius 2 is 2.31 bits per heavy atom. The molecule has 4 heteroatoms. The second-order valence-electron chi connectivity index (χ2n) is 4.11. The van der Waals surface area contributed by atoms with E-state index >= 15 is 0 Å². The van der Waals surface area contributed by atoms with Crippen LogP contribution in [0.25, 0.3) is 10.9 Å². The van der Waals surface area contributed by atoms with Crippen molar-refractivity contribution in [3.05, 3.63) is 35.3 Å². The van der Waals surface area contributed by atoms with Crippen LogP contribution in [0.2, 0.25) is 0 Å². The molecule has 0 saturated heterocycles. The molecule has 0 saturated carbocycles. The molecule has 0 amide bonds. The Hall–Kier alpha value is -1.84. The Kier molecular flexibility index (Phi) is 1.80. The number of aromatic nitrogens is 1. The van der Waals surface area contributed by atoms with Crippen LogP contribution in [0.1, 0.15) is 23.6 Å². The van der Waals surface area contributed by atoms with Crippen molar-refractivity contribution in [2.45, 2.75) is 18.8 Å². The Morgan fingerprint density at radius 1 is 1.50 bits per heavy atom. The van der Waals surface area contributed by atoms with Gasteiger partial charge in [0.1, 0.15) is 5.82 Å². The van der Waals surface area contributed by atoms with E-state index in [1.54, 1.807) is 12.1 Å². The number of carbonyl (C=O) groups is 1. The Morgan fingerprint density at radius 3 is 3.06 bits per heavy atom. The van der Waals surface area contributed by atoms with E-state index in [-0.39, 0.29) is 5.82 Å². The van der Waals surface area contributed by atoms with E-state index < -0.39 is 11.9 Å². The van der Waals surface area contributed by atoms with Crippen molar-refractivity contribution in [3.63, 3.8) is 0 Å². The van der Waals surface area contributed by atoms with Crippen molar-refractivity contribution < 1.29 is 14.3 Å². The molecule has 0 bridgehead atoms. The lowest BCUT2D eigenvalue weighted by molar-refractivity contribution is -0.138. The maximum atomic E-state index is 13.5. The van der Waals surface area contributed by atoms with Crippen LogP contribution >= 0.6 is 0 Å². The predicted octanol–water partition coefficient (Wildman–Crippen LogP) is 2.42. The zero-order valence-corrected chi connectivity index (χ0v) is 8.46. The number of rotatable bonds is 1. The number of benzene rings is 1. The molecule has 1 unspecified atom stereocenters. The van der Waals surface area contributed by atoms with E-state index in [2.05, 4.69) is 4.98 Å². The molecule has 1 heterocycles. The van der Waals surface area contributed by atoms with Crippen LogP contribution in [0.5, 0.6) is 0 Å². The van der Waals surface area contributed by atoms with Crippen molar-refractivity contribution in [1.29, 1.82) is 0 Å². The van der Waals surface area contributed by atoms with Gasteiger partial charge < -0.3 is 10.1 Å². The monoisotopic (exact) mass is 219 g/mol. The molecule has 2 aromatic rings. The fraction of sp³-hybridized carbons (Fsp3) is 0.250. The SMILES string of the molecule is O=C(O)C1CCc2[nH]c3c(F)cccc3c21. The molecule has 1 aromatic carbocycles. The van der Waals surface area contributed by atoms with Crippen LogP contribution < -0.4 is 0 Å². The Balaban J connectivity index is 2.31. The standard InChI is InChI=1S/C12H10FNO2/c13-8-3-1-2-6-10-7(12(15)16)4-5-9(10)14-11(6)8/h1-3,7,14H,4-5H2,(H,15,16). The summed E-state index contributed by atoms with van der Waals surface area (Å²) >= 11 is 0. The van der Waals surface area contributed by atoms with Gasteiger partial charge in [0.25, 0.3) is 0 Å². The van der Waals surface area contributed by atoms with Crippen molar-refractivity contribution in [2.75, 3.05) is 0 Å². The highest BCUT2D eigenvalue weighted by Gasteiger charge is 2.32. The third-order valence-electron chi connectivity index (χ3n) is 3.23. The summed E-state index contributed by atoms with van der Waals surface area (Å²) in [5, 5.41) is 9.81. The van der Waals surface area contributed by atoms with Gasteiger partial charge in [-0.3, -0.25) is 4.79 Å². The first-order valence-corrected chi connectivity index (χ1v) is 5.20. The molecule has 3 nitrogen and oxygen atoms in total. The summed E-state index contributed by atoms with van der Waals surface area (Å²) in [7, 11) is 0. The predicted molar refractivity (Wildman–Crippen MR) is 57.0 cm³/mol. The van der Waals surface area contributed by atoms with Crippen LogP contribution in [-0.4, -0.2) is 16.1 Å². The van der Waals surface area contributed by atoms with Gasteiger partial charge in [-0.2, -0.15) is 0 Å². The van der Waals surface area contributed by atoms with Crippen molar-refractivity contribution >= 4 is 16.9 Å². The zero-order chi connectivity index (χ0) is 11.3. The molecule has 1 aliphatic carbocycles. The molecule has 0 radical (unpaired) electrons. The summed E-state index contributed by atoms with van der Waals surface area (Å²) in [5.74, 6) is -1.65. The molecule has 2 N–H and O–H groups in total. The minimum atomic E-state index is -0.830. The Bertz CT molecular complexity index is 588. The number of halogens is 1. The number of carboxylic acid groups (broad SMARTS) is 1. The molecule has 1 atom stereocenters. The summed E-state index contributed by atoms with van der Waals surface area (Å²) in [6.07, 6.45) is 1.28. The van der Waals surface area contributed by atoms with Crippen LogP contribution in [0.15, 0.2) is 18.2 Å². The maximum Gasteiger partial charge on any atom is 0.311 e. The molecule has 1 aromatic heterocycles. The molecular weight excluding hydrogens is 209 g/mol. The van der Waals surface area contributed by atoms with Crippen LogP contribution in [-0.2, 0) is 11.2 Å². The van der Waals surface area contributed by atoms with Gasteiger partial charge in [0, 0.05) is 11.1 Å². The highest BCUT2D eigenvalue weighted by molar-refractivity contribution is 5.92. The number of aliphatic carboxylic acids is 1. The fourth-order valence-electron chi connectivity index (χ4n) is 2.53. The fourth-order valence-corrected chi connectivity index (χ4v) is 2.53. The molecule has 3 rings (SSSR count). The molecule has 0 aliphatic heterocycles. The summed E-state index contributed by atoms with van der Waals surface area (Å²) < 4.78 is 13.5. The summed E-state index contributed by atoms with van der Waals surface area (Å²) in [6, 6.07) is 4.77. The Labute approximate surface area is 90.9 Å². The van der Waals surface area contributed by atoms with Crippen LogP contribution in [0.4, 0.5) is 4.39 Å². The quantitative estimate of drug-likeness (QED) is 0.773. The third-order valence-corrected chi connectivity index (χ3v) is 3.23. The number of aromatic amines is 1. The summed E-state index contributed by atoms with van der Waals surface area (Å²) in [5.41, 5.74) is 2.06. The van der Waals surface area contributed by atoms with Crippen LogP contribution in [0, 0.1) is 5.82 Å². The number of para-hydroxylation sites is 1. The van der Waals surface area contributed by atoms with E-state index in [1.807, 2.05) is 0 Å². The van der Waals surface area contributed by atoms with Gasteiger partial charge in [0.2, 0.25) is 0 Å². The lowest BCUT2D eigenvalue weighted by atomic mass is 10.0. The van der Waals surface area contributed by atoms with Crippen molar-refractivity contribution in [2.24, 2.45) is 0 Å². The van der Waals surface area contributed by atoms with E-state index in [1.165, 1.54) is 6.07 Å². The van der Waals surface area contributed by atoms with Gasteiger partial charge in [0.05, 0.1) is 11.4 Å². The van der Waals surface area contributed by atoms with Crippen molar-refractivity contribution in [1.82, 2.24) is 4.98 Å². The van der Waals surface area contributed by atoms with E-state index in [0.717, 1.165) is 11.3 Å². The lowest BCUT2D eigenvalue weighted by Crippen LogP contribution is -2.07. The summed E-state index contributed by atoms with van der Waals surface area (Å²) in [4.78, 5) is 14.1. The molecule has 82 valence electrons. The first kappa shape index (κ1) is 9.39. The average Bonchev–Trinajstić information content (AvgIpc) is 2.77. The van der Waals surface area contributed by atoms with Gasteiger partial charge in [-0.1, -0.05) is 12.1 Å². The maximum absolute atomic E-state index is 13.5. The highest BCUT2D eigenvalue weighted by Crippen LogP contribution is 2.39. The largest absolute Gasteiger partial charge is 0.481 e. The molecular formula is C12H10FNO2. The van der Waals surface area contributed by atoms with Gasteiger partial charge in [0.15, 0.2) is 0 Å². The zero-order valence-electron chi connectivity index (χ0n) is 8.46. The number of aryl methyl sites for hydroxylation is 1. The van der Waals surface area contributed by atoms with E-state index in [0.29, 0.717) is 23.7 Å². The molecule has 16 heavy (non-hydrogen) atoms.